The summed E-state index contributed by atoms with van der Waals surface area (Å²) in [7, 11) is 2.13. The molecule has 2 rings (SSSR count). The highest BCUT2D eigenvalue weighted by Gasteiger charge is 2.20. The first-order valence-corrected chi connectivity index (χ1v) is 5.92. The van der Waals surface area contributed by atoms with Gasteiger partial charge in [0.05, 0.1) is 0 Å². The number of hydrogen-bond acceptors (Lipinski definition) is 3. The second-order valence-corrected chi connectivity index (χ2v) is 4.47. The molecule has 0 spiro atoms. The summed E-state index contributed by atoms with van der Waals surface area (Å²) in [6.07, 6.45) is 2.42. The van der Waals surface area contributed by atoms with Crippen molar-refractivity contribution in [3.05, 3.63) is 29.8 Å². The Morgan fingerprint density at radius 2 is 2.12 bits per heavy atom. The van der Waals surface area contributed by atoms with Gasteiger partial charge >= 0.3 is 0 Å². The van der Waals surface area contributed by atoms with Gasteiger partial charge in [-0.05, 0) is 44.1 Å². The van der Waals surface area contributed by atoms with Crippen LogP contribution in [0.4, 0.5) is 0 Å². The van der Waals surface area contributed by atoms with E-state index in [1.807, 2.05) is 12.1 Å². The molecule has 2 N–H and O–H groups in total. The predicted octanol–water partition coefficient (Wildman–Crippen LogP) is 1.27. The Kier molecular flexibility index (Phi) is 3.80. The van der Waals surface area contributed by atoms with Crippen molar-refractivity contribution < 1.29 is 4.74 Å². The first-order valence-electron chi connectivity index (χ1n) is 5.92. The zero-order chi connectivity index (χ0) is 11.4. The van der Waals surface area contributed by atoms with Gasteiger partial charge in [0.2, 0.25) is 0 Å². The number of rotatable bonds is 4. The Morgan fingerprint density at radius 3 is 2.69 bits per heavy atom. The second-order valence-electron chi connectivity index (χ2n) is 4.47. The third-order valence-electron chi connectivity index (χ3n) is 3.01. The summed E-state index contributed by atoms with van der Waals surface area (Å²) in [5.41, 5.74) is 6.79. The van der Waals surface area contributed by atoms with Crippen LogP contribution < -0.4 is 10.5 Å². The number of nitrogens with zero attached hydrogens (tertiary/aromatic N) is 1. The van der Waals surface area contributed by atoms with Gasteiger partial charge in [-0.15, -0.1) is 0 Å². The summed E-state index contributed by atoms with van der Waals surface area (Å²) >= 11 is 0. The van der Waals surface area contributed by atoms with Gasteiger partial charge in [-0.25, -0.2) is 0 Å². The molecule has 16 heavy (non-hydrogen) atoms. The van der Waals surface area contributed by atoms with Gasteiger partial charge < -0.3 is 15.4 Å². The molecule has 3 nitrogen and oxygen atoms in total. The van der Waals surface area contributed by atoms with Crippen molar-refractivity contribution in [1.82, 2.24) is 4.90 Å². The maximum atomic E-state index is 5.91. The lowest BCUT2D eigenvalue weighted by atomic mass is 10.1. The molecular weight excluding hydrogens is 200 g/mol. The van der Waals surface area contributed by atoms with Crippen LogP contribution in [-0.4, -0.2) is 37.7 Å². The molecule has 3 heteroatoms. The SMILES string of the molecule is CN1CCC(Oc2ccc(CCN)cc2)C1. The fourth-order valence-electron chi connectivity index (χ4n) is 2.08. The molecule has 1 unspecified atom stereocenters. The van der Waals surface area contributed by atoms with Gasteiger partial charge in [0.25, 0.3) is 0 Å². The van der Waals surface area contributed by atoms with Crippen LogP contribution >= 0.6 is 0 Å². The van der Waals surface area contributed by atoms with Crippen LogP contribution in [0.2, 0.25) is 0 Å². The largest absolute Gasteiger partial charge is 0.489 e. The van der Waals surface area contributed by atoms with E-state index in [9.17, 15) is 0 Å². The van der Waals surface area contributed by atoms with E-state index in [2.05, 4.69) is 24.1 Å². The van der Waals surface area contributed by atoms with E-state index < -0.39 is 0 Å². The fraction of sp³-hybridized carbons (Fsp3) is 0.538. The van der Waals surface area contributed by atoms with E-state index in [1.54, 1.807) is 0 Å². The average molecular weight is 220 g/mol. The third kappa shape index (κ3) is 2.97. The summed E-state index contributed by atoms with van der Waals surface area (Å²) in [5.74, 6) is 0.973. The van der Waals surface area contributed by atoms with Crippen LogP contribution in [0.15, 0.2) is 24.3 Å². The molecule has 1 atom stereocenters. The molecule has 0 aliphatic carbocycles. The van der Waals surface area contributed by atoms with Crippen molar-refractivity contribution in [3.63, 3.8) is 0 Å². The van der Waals surface area contributed by atoms with Gasteiger partial charge in [-0.2, -0.15) is 0 Å². The highest BCUT2D eigenvalue weighted by atomic mass is 16.5. The van der Waals surface area contributed by atoms with E-state index in [1.165, 1.54) is 5.56 Å². The number of likely N-dealkylation sites (tertiary alicyclic amines) is 1. The normalized spacial score (nSPS) is 21.2. The molecule has 1 fully saturated rings. The average Bonchev–Trinajstić information content (AvgIpc) is 2.67. The molecule has 88 valence electrons. The van der Waals surface area contributed by atoms with Crippen molar-refractivity contribution in [2.45, 2.75) is 18.9 Å². The van der Waals surface area contributed by atoms with Crippen LogP contribution in [0.5, 0.6) is 5.75 Å². The summed E-state index contributed by atoms with van der Waals surface area (Å²) in [4.78, 5) is 2.30. The first-order chi connectivity index (χ1) is 7.78. The minimum absolute atomic E-state index is 0.352. The molecule has 1 aromatic rings. The fourth-order valence-corrected chi connectivity index (χ4v) is 2.08. The molecule has 0 saturated carbocycles. The predicted molar refractivity (Wildman–Crippen MR) is 65.7 cm³/mol. The number of likely N-dealkylation sites (N-methyl/N-ethyl adjacent to an activating group) is 1. The minimum Gasteiger partial charge on any atom is -0.489 e. The molecule has 0 radical (unpaired) electrons. The maximum Gasteiger partial charge on any atom is 0.119 e. The van der Waals surface area contributed by atoms with E-state index in [-0.39, 0.29) is 0 Å². The van der Waals surface area contributed by atoms with Crippen molar-refractivity contribution >= 4 is 0 Å². The van der Waals surface area contributed by atoms with Crippen molar-refractivity contribution in [1.29, 1.82) is 0 Å². The molecule has 1 aliphatic rings. The summed E-state index contributed by atoms with van der Waals surface area (Å²) in [5, 5.41) is 0. The molecule has 1 heterocycles. The van der Waals surface area contributed by atoms with E-state index >= 15 is 0 Å². The van der Waals surface area contributed by atoms with E-state index in [4.69, 9.17) is 10.5 Å². The quantitative estimate of drug-likeness (QED) is 0.830. The van der Waals surface area contributed by atoms with Crippen LogP contribution in [0.25, 0.3) is 0 Å². The third-order valence-corrected chi connectivity index (χ3v) is 3.01. The highest BCUT2D eigenvalue weighted by Crippen LogP contribution is 2.18. The Labute approximate surface area is 97.2 Å². The lowest BCUT2D eigenvalue weighted by Crippen LogP contribution is -2.21. The minimum atomic E-state index is 0.352. The van der Waals surface area contributed by atoms with Crippen LogP contribution in [0.1, 0.15) is 12.0 Å². The number of benzene rings is 1. The maximum absolute atomic E-state index is 5.91. The molecule has 0 bridgehead atoms. The second kappa shape index (κ2) is 5.32. The smallest absolute Gasteiger partial charge is 0.119 e. The Bertz CT molecular complexity index is 323. The van der Waals surface area contributed by atoms with Crippen molar-refractivity contribution in [3.8, 4) is 5.75 Å². The van der Waals surface area contributed by atoms with Gasteiger partial charge in [0, 0.05) is 13.1 Å². The monoisotopic (exact) mass is 220 g/mol. The highest BCUT2D eigenvalue weighted by molar-refractivity contribution is 5.27. The lowest BCUT2D eigenvalue weighted by molar-refractivity contribution is 0.208. The topological polar surface area (TPSA) is 38.5 Å². The van der Waals surface area contributed by atoms with Crippen LogP contribution in [-0.2, 0) is 6.42 Å². The molecule has 0 amide bonds. The van der Waals surface area contributed by atoms with Gasteiger partial charge in [-0.3, -0.25) is 0 Å². The van der Waals surface area contributed by atoms with E-state index in [0.717, 1.165) is 31.7 Å². The Hall–Kier alpha value is -1.06. The van der Waals surface area contributed by atoms with Crippen LogP contribution in [0.3, 0.4) is 0 Å². The van der Waals surface area contributed by atoms with Gasteiger partial charge in [-0.1, -0.05) is 12.1 Å². The van der Waals surface area contributed by atoms with Crippen LogP contribution in [0, 0.1) is 0 Å². The van der Waals surface area contributed by atoms with Crippen molar-refractivity contribution in [2.75, 3.05) is 26.7 Å². The van der Waals surface area contributed by atoms with Crippen molar-refractivity contribution in [2.24, 2.45) is 5.73 Å². The molecule has 1 aliphatic heterocycles. The Balaban J connectivity index is 1.89. The number of nitrogens with two attached hydrogens (primary N) is 1. The lowest BCUT2D eigenvalue weighted by Gasteiger charge is -2.13. The number of ether oxygens (including phenoxy) is 1. The molecule has 1 aromatic carbocycles. The van der Waals surface area contributed by atoms with E-state index in [0.29, 0.717) is 12.6 Å². The summed E-state index contributed by atoms with van der Waals surface area (Å²) in [6.45, 7) is 2.87. The van der Waals surface area contributed by atoms with Gasteiger partial charge in [0.1, 0.15) is 11.9 Å². The Morgan fingerprint density at radius 1 is 1.38 bits per heavy atom. The molecular formula is C13H20N2O. The first kappa shape index (κ1) is 11.4. The van der Waals surface area contributed by atoms with Gasteiger partial charge in [0.15, 0.2) is 0 Å². The zero-order valence-electron chi connectivity index (χ0n) is 9.86. The zero-order valence-corrected chi connectivity index (χ0v) is 9.86. The molecule has 1 saturated heterocycles. The standard InChI is InChI=1S/C13H20N2O/c1-15-9-7-13(10-15)16-12-4-2-11(3-5-12)6-8-14/h2-5,13H,6-10,14H2,1H3. The summed E-state index contributed by atoms with van der Waals surface area (Å²) in [6, 6.07) is 8.29. The molecule has 0 aromatic heterocycles. The number of hydrogen-bond donors (Lipinski definition) is 1. The summed E-state index contributed by atoms with van der Waals surface area (Å²) < 4.78 is 5.91.